The summed E-state index contributed by atoms with van der Waals surface area (Å²) in [5.41, 5.74) is 0.270. The first-order valence-corrected chi connectivity index (χ1v) is 7.16. The molecule has 4 nitrogen and oxygen atoms in total. The number of hydrogen-bond acceptors (Lipinski definition) is 3. The Morgan fingerprint density at radius 1 is 1.24 bits per heavy atom. The van der Waals surface area contributed by atoms with Crippen molar-refractivity contribution < 1.29 is 18.3 Å². The van der Waals surface area contributed by atoms with Gasteiger partial charge >= 0.3 is 6.61 Å². The molecule has 116 valence electrons. The van der Waals surface area contributed by atoms with E-state index in [1.807, 2.05) is 6.92 Å². The van der Waals surface area contributed by atoms with E-state index in [-0.39, 0.29) is 23.4 Å². The Balaban J connectivity index is 2.01. The number of hydrogen-bond donors (Lipinski definition) is 1. The van der Waals surface area contributed by atoms with Crippen LogP contribution < -0.4 is 10.1 Å². The SMILES string of the molecule is C[C@H](C(=O)Nc1ccccc1OC(F)F)N1CCCCC1. The first-order chi connectivity index (χ1) is 10.1. The number of carbonyl (C=O) groups is 1. The van der Waals surface area contributed by atoms with Crippen LogP contribution in [-0.4, -0.2) is 36.5 Å². The van der Waals surface area contributed by atoms with Crippen molar-refractivity contribution in [3.8, 4) is 5.75 Å². The lowest BCUT2D eigenvalue weighted by Gasteiger charge is -2.31. The minimum absolute atomic E-state index is 0.0216. The van der Waals surface area contributed by atoms with Crippen LogP contribution in [0.1, 0.15) is 26.2 Å². The van der Waals surface area contributed by atoms with Crippen molar-refractivity contribution in [3.63, 3.8) is 0 Å². The summed E-state index contributed by atoms with van der Waals surface area (Å²) >= 11 is 0. The van der Waals surface area contributed by atoms with Crippen molar-refractivity contribution in [1.82, 2.24) is 4.90 Å². The van der Waals surface area contributed by atoms with Gasteiger partial charge in [-0.1, -0.05) is 18.6 Å². The van der Waals surface area contributed by atoms with Crippen molar-refractivity contribution in [2.45, 2.75) is 38.8 Å². The molecule has 6 heteroatoms. The Morgan fingerprint density at radius 2 is 1.90 bits per heavy atom. The van der Waals surface area contributed by atoms with Crippen LogP contribution in [0.25, 0.3) is 0 Å². The van der Waals surface area contributed by atoms with E-state index in [4.69, 9.17) is 0 Å². The third-order valence-electron chi connectivity index (χ3n) is 3.68. The molecule has 1 aliphatic heterocycles. The van der Waals surface area contributed by atoms with E-state index >= 15 is 0 Å². The lowest BCUT2D eigenvalue weighted by atomic mass is 10.1. The Morgan fingerprint density at radius 3 is 2.57 bits per heavy atom. The van der Waals surface area contributed by atoms with Gasteiger partial charge in [0.15, 0.2) is 0 Å². The number of para-hydroxylation sites is 2. The Kier molecular flexibility index (Phi) is 5.50. The lowest BCUT2D eigenvalue weighted by molar-refractivity contribution is -0.121. The molecule has 1 N–H and O–H groups in total. The van der Waals surface area contributed by atoms with Gasteiger partial charge in [0.25, 0.3) is 0 Å². The summed E-state index contributed by atoms with van der Waals surface area (Å²) in [6, 6.07) is 5.93. The molecule has 1 amide bonds. The first-order valence-electron chi connectivity index (χ1n) is 7.16. The predicted octanol–water partition coefficient (Wildman–Crippen LogP) is 3.10. The summed E-state index contributed by atoms with van der Waals surface area (Å²) in [6.45, 7) is 0.702. The molecule has 0 saturated carbocycles. The third kappa shape index (κ3) is 4.39. The number of nitrogens with zero attached hydrogens (tertiary/aromatic N) is 1. The minimum atomic E-state index is -2.91. The van der Waals surface area contributed by atoms with Gasteiger partial charge in [-0.05, 0) is 45.0 Å². The van der Waals surface area contributed by atoms with Gasteiger partial charge in [-0.25, -0.2) is 0 Å². The van der Waals surface area contributed by atoms with Gasteiger partial charge in [0.05, 0.1) is 11.7 Å². The monoisotopic (exact) mass is 298 g/mol. The fraction of sp³-hybridized carbons (Fsp3) is 0.533. The summed E-state index contributed by atoms with van der Waals surface area (Å²) in [4.78, 5) is 14.4. The maximum atomic E-state index is 12.3. The molecule has 1 saturated heterocycles. The first kappa shape index (κ1) is 15.7. The fourth-order valence-corrected chi connectivity index (χ4v) is 2.48. The van der Waals surface area contributed by atoms with Crippen molar-refractivity contribution in [3.05, 3.63) is 24.3 Å². The van der Waals surface area contributed by atoms with Crippen LogP contribution >= 0.6 is 0 Å². The van der Waals surface area contributed by atoms with Crippen molar-refractivity contribution in [2.75, 3.05) is 18.4 Å². The summed E-state index contributed by atoms with van der Waals surface area (Å²) in [7, 11) is 0. The fourth-order valence-electron chi connectivity index (χ4n) is 2.48. The van der Waals surface area contributed by atoms with E-state index < -0.39 is 6.61 Å². The highest BCUT2D eigenvalue weighted by Gasteiger charge is 2.23. The van der Waals surface area contributed by atoms with Crippen LogP contribution in [0, 0.1) is 0 Å². The van der Waals surface area contributed by atoms with Gasteiger partial charge in [-0.15, -0.1) is 0 Å². The van der Waals surface area contributed by atoms with Crippen LogP contribution in [0.3, 0.4) is 0 Å². The van der Waals surface area contributed by atoms with E-state index in [2.05, 4.69) is 15.0 Å². The molecule has 0 unspecified atom stereocenters. The number of halogens is 2. The van der Waals surface area contributed by atoms with Gasteiger partial charge < -0.3 is 10.1 Å². The molecule has 1 heterocycles. The number of likely N-dealkylation sites (tertiary alicyclic amines) is 1. The number of piperidine rings is 1. The second-order valence-corrected chi connectivity index (χ2v) is 5.14. The Labute approximate surface area is 123 Å². The maximum Gasteiger partial charge on any atom is 0.387 e. The standard InChI is InChI=1S/C15H20F2N2O2/c1-11(19-9-5-2-6-10-19)14(20)18-12-7-3-4-8-13(12)21-15(16)17/h3-4,7-8,11,15H,2,5-6,9-10H2,1H3,(H,18,20)/t11-/m1/s1. The summed E-state index contributed by atoms with van der Waals surface area (Å²) in [6.07, 6.45) is 3.36. The van der Waals surface area contributed by atoms with Gasteiger partial charge in [-0.3, -0.25) is 9.69 Å². The molecule has 1 aromatic carbocycles. The molecular formula is C15H20F2N2O2. The predicted molar refractivity (Wildman–Crippen MR) is 76.6 cm³/mol. The average Bonchev–Trinajstić information content (AvgIpc) is 2.49. The normalized spacial score (nSPS) is 17.5. The number of benzene rings is 1. The number of alkyl halides is 2. The summed E-state index contributed by atoms with van der Waals surface area (Å²) in [5, 5.41) is 2.67. The van der Waals surface area contributed by atoms with E-state index in [0.29, 0.717) is 0 Å². The molecule has 2 rings (SSSR count). The van der Waals surface area contributed by atoms with Gasteiger partial charge in [-0.2, -0.15) is 8.78 Å². The number of carbonyl (C=O) groups excluding carboxylic acids is 1. The number of rotatable bonds is 5. The van der Waals surface area contributed by atoms with Crippen LogP contribution in [0.2, 0.25) is 0 Å². The molecular weight excluding hydrogens is 278 g/mol. The highest BCUT2D eigenvalue weighted by molar-refractivity contribution is 5.95. The summed E-state index contributed by atoms with van der Waals surface area (Å²) in [5.74, 6) is -0.228. The Hall–Kier alpha value is -1.69. The topological polar surface area (TPSA) is 41.6 Å². The van der Waals surface area contributed by atoms with E-state index in [0.717, 1.165) is 25.9 Å². The highest BCUT2D eigenvalue weighted by atomic mass is 19.3. The van der Waals surface area contributed by atoms with Gasteiger partial charge in [0.2, 0.25) is 5.91 Å². The zero-order valence-corrected chi connectivity index (χ0v) is 12.0. The minimum Gasteiger partial charge on any atom is -0.433 e. The van der Waals surface area contributed by atoms with Crippen molar-refractivity contribution in [1.29, 1.82) is 0 Å². The second-order valence-electron chi connectivity index (χ2n) is 5.14. The highest BCUT2D eigenvalue weighted by Crippen LogP contribution is 2.26. The van der Waals surface area contributed by atoms with Crippen LogP contribution in [0.4, 0.5) is 14.5 Å². The molecule has 0 spiro atoms. The molecule has 1 aliphatic rings. The number of anilines is 1. The van der Waals surface area contributed by atoms with E-state index in [9.17, 15) is 13.6 Å². The van der Waals surface area contributed by atoms with Crippen LogP contribution in [0.5, 0.6) is 5.75 Å². The quantitative estimate of drug-likeness (QED) is 0.908. The van der Waals surface area contributed by atoms with Gasteiger partial charge in [0, 0.05) is 0 Å². The van der Waals surface area contributed by atoms with Crippen molar-refractivity contribution >= 4 is 11.6 Å². The van der Waals surface area contributed by atoms with Gasteiger partial charge in [0.1, 0.15) is 5.75 Å². The average molecular weight is 298 g/mol. The third-order valence-corrected chi connectivity index (χ3v) is 3.68. The number of amides is 1. The van der Waals surface area contributed by atoms with E-state index in [1.165, 1.54) is 12.5 Å². The molecule has 1 fully saturated rings. The second kappa shape index (κ2) is 7.36. The largest absolute Gasteiger partial charge is 0.433 e. The van der Waals surface area contributed by atoms with Crippen LogP contribution in [0.15, 0.2) is 24.3 Å². The maximum absolute atomic E-state index is 12.3. The molecule has 21 heavy (non-hydrogen) atoms. The van der Waals surface area contributed by atoms with Crippen LogP contribution in [-0.2, 0) is 4.79 Å². The zero-order valence-electron chi connectivity index (χ0n) is 12.0. The Bertz CT molecular complexity index is 476. The molecule has 0 aromatic heterocycles. The molecule has 1 aromatic rings. The number of ether oxygens (including phenoxy) is 1. The molecule has 0 bridgehead atoms. The smallest absolute Gasteiger partial charge is 0.387 e. The zero-order chi connectivity index (χ0) is 15.2. The number of nitrogens with one attached hydrogen (secondary N) is 1. The molecule has 1 atom stereocenters. The lowest BCUT2D eigenvalue weighted by Crippen LogP contribution is -2.44. The van der Waals surface area contributed by atoms with Crippen molar-refractivity contribution in [2.24, 2.45) is 0 Å². The summed E-state index contributed by atoms with van der Waals surface area (Å²) < 4.78 is 29.1. The van der Waals surface area contributed by atoms with E-state index in [1.54, 1.807) is 18.2 Å². The molecule has 0 aliphatic carbocycles. The molecule has 0 radical (unpaired) electrons.